The molecular weight excluding hydrogens is 202 g/mol. The first-order chi connectivity index (χ1) is 7.36. The van der Waals surface area contributed by atoms with Gasteiger partial charge in [0.1, 0.15) is 0 Å². The van der Waals surface area contributed by atoms with E-state index in [1.54, 1.807) is 0 Å². The summed E-state index contributed by atoms with van der Waals surface area (Å²) in [7, 11) is 0. The van der Waals surface area contributed by atoms with Gasteiger partial charge in [-0.2, -0.15) is 0 Å². The molecule has 0 spiro atoms. The summed E-state index contributed by atoms with van der Waals surface area (Å²) in [5, 5.41) is 1.14. The van der Waals surface area contributed by atoms with Crippen molar-refractivity contribution in [3.8, 4) is 0 Å². The Morgan fingerprint density at radius 2 is 2.33 bits per heavy atom. The van der Waals surface area contributed by atoms with Crippen molar-refractivity contribution < 1.29 is 0 Å². The van der Waals surface area contributed by atoms with Crippen molar-refractivity contribution in [1.29, 1.82) is 0 Å². The minimum absolute atomic E-state index is 0.714. The number of allylic oxidation sites excluding steroid dienone is 1. The number of rotatable bonds is 3. The minimum atomic E-state index is 0.714. The molecular formula is C13H17NS. The zero-order chi connectivity index (χ0) is 10.5. The fourth-order valence-corrected chi connectivity index (χ4v) is 3.06. The van der Waals surface area contributed by atoms with Crippen LogP contribution in [0, 0.1) is 5.92 Å². The van der Waals surface area contributed by atoms with Gasteiger partial charge in [0.15, 0.2) is 0 Å². The van der Waals surface area contributed by atoms with Gasteiger partial charge in [-0.25, -0.2) is 4.98 Å². The highest BCUT2D eigenvalue weighted by atomic mass is 32.2. The zero-order valence-corrected chi connectivity index (χ0v) is 9.80. The smallest absolute Gasteiger partial charge is 0.0959 e. The summed E-state index contributed by atoms with van der Waals surface area (Å²) in [6.07, 6.45) is 7.11. The van der Waals surface area contributed by atoms with Gasteiger partial charge < -0.3 is 0 Å². The first kappa shape index (κ1) is 10.7. The molecule has 1 fully saturated rings. The second kappa shape index (κ2) is 5.36. The number of hydrogen-bond donors (Lipinski definition) is 0. The molecule has 0 amide bonds. The third-order valence-corrected chi connectivity index (χ3v) is 4.05. The van der Waals surface area contributed by atoms with Crippen LogP contribution in [-0.2, 0) is 0 Å². The molecule has 1 aromatic heterocycles. The highest BCUT2D eigenvalue weighted by Gasteiger charge is 2.17. The van der Waals surface area contributed by atoms with Crippen molar-refractivity contribution in [2.75, 3.05) is 5.75 Å². The van der Waals surface area contributed by atoms with Crippen molar-refractivity contribution in [2.45, 2.75) is 30.7 Å². The SMILES string of the molecule is C=C1CCCCC1CSc1ccccn1. The van der Waals surface area contributed by atoms with E-state index in [0.29, 0.717) is 5.92 Å². The van der Waals surface area contributed by atoms with Crippen LogP contribution in [0.4, 0.5) is 0 Å². The second-order valence-electron chi connectivity index (χ2n) is 4.08. The van der Waals surface area contributed by atoms with E-state index in [0.717, 1.165) is 10.8 Å². The highest BCUT2D eigenvalue weighted by molar-refractivity contribution is 7.99. The number of pyridine rings is 1. The van der Waals surface area contributed by atoms with Crippen LogP contribution in [0.2, 0.25) is 0 Å². The Balaban J connectivity index is 1.85. The third kappa shape index (κ3) is 3.10. The molecule has 0 bridgehead atoms. The van der Waals surface area contributed by atoms with Gasteiger partial charge in [-0.1, -0.05) is 24.6 Å². The summed E-state index contributed by atoms with van der Waals surface area (Å²) in [6, 6.07) is 6.09. The van der Waals surface area contributed by atoms with Crippen LogP contribution in [0.1, 0.15) is 25.7 Å². The standard InChI is InChI=1S/C13H17NS/c1-11-6-2-3-7-12(11)10-15-13-8-4-5-9-14-13/h4-5,8-9,12H,1-3,6-7,10H2. The van der Waals surface area contributed by atoms with Crippen LogP contribution in [0.25, 0.3) is 0 Å². The van der Waals surface area contributed by atoms with E-state index in [1.165, 1.54) is 31.3 Å². The molecule has 1 aliphatic rings. The Morgan fingerprint density at radius 1 is 1.40 bits per heavy atom. The van der Waals surface area contributed by atoms with Gasteiger partial charge in [0.25, 0.3) is 0 Å². The van der Waals surface area contributed by atoms with Crippen LogP contribution in [0.15, 0.2) is 41.6 Å². The third-order valence-electron chi connectivity index (χ3n) is 2.95. The van der Waals surface area contributed by atoms with Crippen molar-refractivity contribution in [3.05, 3.63) is 36.5 Å². The molecule has 1 atom stereocenters. The first-order valence-corrected chi connectivity index (χ1v) is 6.56. The van der Waals surface area contributed by atoms with Gasteiger partial charge in [0.05, 0.1) is 5.03 Å². The zero-order valence-electron chi connectivity index (χ0n) is 8.98. The van der Waals surface area contributed by atoms with E-state index >= 15 is 0 Å². The van der Waals surface area contributed by atoms with Gasteiger partial charge >= 0.3 is 0 Å². The number of nitrogens with zero attached hydrogens (tertiary/aromatic N) is 1. The quantitative estimate of drug-likeness (QED) is 0.564. The van der Waals surface area contributed by atoms with Crippen molar-refractivity contribution in [3.63, 3.8) is 0 Å². The van der Waals surface area contributed by atoms with Crippen LogP contribution in [0.5, 0.6) is 0 Å². The van der Waals surface area contributed by atoms with E-state index in [4.69, 9.17) is 0 Å². The van der Waals surface area contributed by atoms with Crippen molar-refractivity contribution in [1.82, 2.24) is 4.98 Å². The molecule has 0 saturated heterocycles. The summed E-state index contributed by atoms with van der Waals surface area (Å²) in [5.74, 6) is 1.86. The summed E-state index contributed by atoms with van der Waals surface area (Å²) in [4.78, 5) is 4.32. The van der Waals surface area contributed by atoms with E-state index in [1.807, 2.05) is 30.1 Å². The molecule has 0 radical (unpaired) electrons. The predicted molar refractivity (Wildman–Crippen MR) is 66.1 cm³/mol. The summed E-state index contributed by atoms with van der Waals surface area (Å²) in [6.45, 7) is 4.17. The van der Waals surface area contributed by atoms with Crippen molar-refractivity contribution in [2.24, 2.45) is 5.92 Å². The van der Waals surface area contributed by atoms with Crippen molar-refractivity contribution >= 4 is 11.8 Å². The minimum Gasteiger partial charge on any atom is -0.250 e. The molecule has 2 heteroatoms. The molecule has 1 nitrogen and oxygen atoms in total. The molecule has 1 aromatic rings. The molecule has 1 saturated carbocycles. The number of aromatic nitrogens is 1. The van der Waals surface area contributed by atoms with Crippen LogP contribution in [-0.4, -0.2) is 10.7 Å². The maximum atomic E-state index is 4.32. The predicted octanol–water partition coefficient (Wildman–Crippen LogP) is 3.92. The van der Waals surface area contributed by atoms with Gasteiger partial charge in [-0.05, 0) is 37.3 Å². The Hall–Kier alpha value is -0.760. The summed E-state index contributed by atoms with van der Waals surface area (Å²) < 4.78 is 0. The molecule has 1 heterocycles. The maximum absolute atomic E-state index is 4.32. The molecule has 15 heavy (non-hydrogen) atoms. The normalized spacial score (nSPS) is 21.6. The largest absolute Gasteiger partial charge is 0.250 e. The van der Waals surface area contributed by atoms with Crippen LogP contribution in [0.3, 0.4) is 0 Å². The Bertz CT molecular complexity index is 321. The van der Waals surface area contributed by atoms with Gasteiger partial charge in [0, 0.05) is 11.9 Å². The molecule has 80 valence electrons. The lowest BCUT2D eigenvalue weighted by molar-refractivity contribution is 0.491. The molecule has 1 aliphatic carbocycles. The molecule has 0 aliphatic heterocycles. The number of hydrogen-bond acceptors (Lipinski definition) is 2. The topological polar surface area (TPSA) is 12.9 Å². The lowest BCUT2D eigenvalue weighted by atomic mass is 9.87. The van der Waals surface area contributed by atoms with E-state index in [9.17, 15) is 0 Å². The van der Waals surface area contributed by atoms with Gasteiger partial charge in [0.2, 0.25) is 0 Å². The highest BCUT2D eigenvalue weighted by Crippen LogP contribution is 2.32. The van der Waals surface area contributed by atoms with Gasteiger partial charge in [-0.3, -0.25) is 0 Å². The summed E-state index contributed by atoms with van der Waals surface area (Å²) in [5.41, 5.74) is 1.45. The van der Waals surface area contributed by atoms with E-state index in [-0.39, 0.29) is 0 Å². The fraction of sp³-hybridized carbons (Fsp3) is 0.462. The molecule has 2 rings (SSSR count). The Morgan fingerprint density at radius 3 is 3.07 bits per heavy atom. The molecule has 0 N–H and O–H groups in total. The average Bonchev–Trinajstić information content (AvgIpc) is 2.29. The average molecular weight is 219 g/mol. The van der Waals surface area contributed by atoms with E-state index in [2.05, 4.69) is 17.6 Å². The second-order valence-corrected chi connectivity index (χ2v) is 5.12. The first-order valence-electron chi connectivity index (χ1n) is 5.58. The van der Waals surface area contributed by atoms with E-state index < -0.39 is 0 Å². The maximum Gasteiger partial charge on any atom is 0.0959 e. The lowest BCUT2D eigenvalue weighted by Crippen LogP contribution is -2.11. The molecule has 1 unspecified atom stereocenters. The van der Waals surface area contributed by atoms with Crippen LogP contribution >= 0.6 is 11.8 Å². The fourth-order valence-electron chi connectivity index (χ4n) is 1.97. The monoisotopic (exact) mass is 219 g/mol. The van der Waals surface area contributed by atoms with Crippen LogP contribution < -0.4 is 0 Å². The number of thioether (sulfide) groups is 1. The Kier molecular flexibility index (Phi) is 3.84. The molecule has 0 aromatic carbocycles. The summed E-state index contributed by atoms with van der Waals surface area (Å²) >= 11 is 1.86. The van der Waals surface area contributed by atoms with Gasteiger partial charge in [-0.15, -0.1) is 11.8 Å². The lowest BCUT2D eigenvalue weighted by Gasteiger charge is -2.23. The Labute approximate surface area is 96.0 Å².